The lowest BCUT2D eigenvalue weighted by Gasteiger charge is -2.35. The van der Waals surface area contributed by atoms with Crippen LogP contribution in [0.5, 0.6) is 11.5 Å². The number of carbonyl (C=O) groups is 2. The van der Waals surface area contributed by atoms with Crippen molar-refractivity contribution < 1.29 is 37.7 Å². The lowest BCUT2D eigenvalue weighted by atomic mass is 9.97. The summed E-state index contributed by atoms with van der Waals surface area (Å²) in [4.78, 5) is 52.5. The highest BCUT2D eigenvalue weighted by atomic mass is 19.1. The van der Waals surface area contributed by atoms with Crippen molar-refractivity contribution in [1.82, 2.24) is 14.5 Å². The third kappa shape index (κ3) is 5.52. The number of amides is 1. The summed E-state index contributed by atoms with van der Waals surface area (Å²) in [7, 11) is 2.88. The lowest BCUT2D eigenvalue weighted by molar-refractivity contribution is -0.139. The van der Waals surface area contributed by atoms with E-state index in [2.05, 4.69) is 5.32 Å². The van der Waals surface area contributed by atoms with Gasteiger partial charge in [0.15, 0.2) is 11.5 Å². The van der Waals surface area contributed by atoms with Crippen LogP contribution in [-0.4, -0.2) is 71.2 Å². The normalized spacial score (nSPS) is 16.9. The minimum absolute atomic E-state index is 0.127. The number of nitrogens with zero attached hydrogens (tertiary/aromatic N) is 3. The smallest absolute Gasteiger partial charge is 0.330 e. The van der Waals surface area contributed by atoms with Crippen molar-refractivity contribution in [3.8, 4) is 22.6 Å². The van der Waals surface area contributed by atoms with Crippen LogP contribution >= 0.6 is 0 Å². The average molecular weight is 615 g/mol. The fraction of sp³-hybridized carbons (Fsp3) is 0.400. The van der Waals surface area contributed by atoms with Crippen LogP contribution < -0.4 is 30.9 Å². The van der Waals surface area contributed by atoms with Crippen LogP contribution in [0.25, 0.3) is 11.1 Å². The van der Waals surface area contributed by atoms with Crippen molar-refractivity contribution in [2.75, 3.05) is 37.9 Å². The summed E-state index contributed by atoms with van der Waals surface area (Å²) >= 11 is 0. The summed E-state index contributed by atoms with van der Waals surface area (Å²) < 4.78 is 49.6. The predicted molar refractivity (Wildman–Crippen MR) is 155 cm³/mol. The van der Waals surface area contributed by atoms with E-state index in [0.29, 0.717) is 36.6 Å². The molecule has 14 heteroatoms. The summed E-state index contributed by atoms with van der Waals surface area (Å²) in [6.45, 7) is 4.91. The van der Waals surface area contributed by atoms with E-state index >= 15 is 8.78 Å². The lowest BCUT2D eigenvalue weighted by Crippen LogP contribution is -2.44. The van der Waals surface area contributed by atoms with Crippen molar-refractivity contribution in [1.29, 1.82) is 0 Å². The quantitative estimate of drug-likeness (QED) is 0.407. The van der Waals surface area contributed by atoms with E-state index in [0.717, 1.165) is 16.7 Å². The average Bonchev–Trinajstić information content (AvgIpc) is 2.99. The number of fused-ring (bicyclic) bond motifs is 1. The summed E-state index contributed by atoms with van der Waals surface area (Å²) in [6, 6.07) is 3.41. The van der Waals surface area contributed by atoms with Gasteiger partial charge in [-0.15, -0.1) is 0 Å². The maximum Gasteiger partial charge on any atom is 0.330 e. The Labute approximate surface area is 250 Å². The summed E-state index contributed by atoms with van der Waals surface area (Å²) in [5.74, 6) is -4.61. The Bertz CT molecular complexity index is 1750. The molecule has 2 atom stereocenters. The van der Waals surface area contributed by atoms with Gasteiger partial charge in [-0.2, -0.15) is 0 Å². The molecule has 5 rings (SSSR count). The van der Waals surface area contributed by atoms with E-state index in [-0.39, 0.29) is 48.4 Å². The zero-order chi connectivity index (χ0) is 31.9. The van der Waals surface area contributed by atoms with E-state index in [4.69, 9.17) is 14.2 Å². The molecule has 1 aromatic heterocycles. The number of aromatic nitrogens is 2. The molecular formula is C30H32F2N4O8. The summed E-state index contributed by atoms with van der Waals surface area (Å²) in [5.41, 5.74) is -0.475. The molecule has 0 saturated carbocycles. The molecule has 2 N–H and O–H groups in total. The fourth-order valence-corrected chi connectivity index (χ4v) is 5.51. The number of nitrogens with one attached hydrogen (secondary N) is 1. The number of hydrogen-bond donors (Lipinski definition) is 2. The maximum absolute atomic E-state index is 15.1. The van der Waals surface area contributed by atoms with Gasteiger partial charge in [0.1, 0.15) is 36.5 Å². The first-order valence-electron chi connectivity index (χ1n) is 14.0. The monoisotopic (exact) mass is 614 g/mol. The molecule has 0 spiro atoms. The van der Waals surface area contributed by atoms with Crippen molar-refractivity contribution >= 4 is 17.6 Å². The Morgan fingerprint density at radius 3 is 2.34 bits per heavy atom. The third-order valence-electron chi connectivity index (χ3n) is 7.98. The number of carbonyl (C=O) groups excluding carboxylic acids is 1. The third-order valence-corrected chi connectivity index (χ3v) is 7.98. The predicted octanol–water partition coefficient (Wildman–Crippen LogP) is 1.76. The molecule has 44 heavy (non-hydrogen) atoms. The van der Waals surface area contributed by atoms with Crippen LogP contribution in [0.1, 0.15) is 28.5 Å². The van der Waals surface area contributed by atoms with Gasteiger partial charge in [0.25, 0.3) is 11.5 Å². The van der Waals surface area contributed by atoms with Gasteiger partial charge < -0.3 is 34.1 Å². The van der Waals surface area contributed by atoms with Crippen LogP contribution in [-0.2, 0) is 30.0 Å². The maximum atomic E-state index is 15.1. The van der Waals surface area contributed by atoms with Gasteiger partial charge >= 0.3 is 11.7 Å². The van der Waals surface area contributed by atoms with E-state index in [1.165, 1.54) is 24.7 Å². The molecule has 2 aliphatic heterocycles. The highest BCUT2D eigenvalue weighted by Gasteiger charge is 2.31. The van der Waals surface area contributed by atoms with E-state index < -0.39 is 46.4 Å². The second kappa shape index (κ2) is 12.1. The molecular weight excluding hydrogens is 582 g/mol. The van der Waals surface area contributed by atoms with Gasteiger partial charge in [-0.25, -0.2) is 18.4 Å². The number of benzene rings is 2. The highest BCUT2D eigenvalue weighted by molar-refractivity contribution is 5.97. The molecule has 1 amide bonds. The van der Waals surface area contributed by atoms with E-state index in [1.807, 2.05) is 6.92 Å². The van der Waals surface area contributed by atoms with Crippen LogP contribution in [0.3, 0.4) is 0 Å². The van der Waals surface area contributed by atoms with Crippen molar-refractivity contribution in [3.05, 3.63) is 73.6 Å². The summed E-state index contributed by atoms with van der Waals surface area (Å²) in [5, 5.41) is 12.2. The Balaban J connectivity index is 1.45. The Kier molecular flexibility index (Phi) is 8.46. The molecule has 0 unspecified atom stereocenters. The molecule has 12 nitrogen and oxygen atoms in total. The molecule has 3 heterocycles. The molecule has 2 aromatic carbocycles. The van der Waals surface area contributed by atoms with Crippen LogP contribution in [0.2, 0.25) is 0 Å². The Morgan fingerprint density at radius 2 is 1.70 bits per heavy atom. The first-order valence-corrected chi connectivity index (χ1v) is 14.0. The zero-order valence-electron chi connectivity index (χ0n) is 24.6. The number of carboxylic acid groups (broad SMARTS) is 1. The minimum atomic E-state index is -1.60. The van der Waals surface area contributed by atoms with Gasteiger partial charge in [0, 0.05) is 55.6 Å². The van der Waals surface area contributed by atoms with Crippen LogP contribution in [0, 0.1) is 18.6 Å². The molecule has 234 valence electrons. The number of ether oxygens (including phenoxy) is 3. The standard InChI is InChI=1S/C30H32F2N4O8/c1-15-14-42-8-7-36(15)18-12-20(31)24(21(32)13-18)27(37)33-22(29(39)40)11-17-5-6-19(26-25(17)43-9-10-44-26)23-16(2)34(3)30(41)35(4)28(23)38/h5-6,12-13,15,22H,7-11,14H2,1-4H3,(H,33,37)(H,39,40)/t15-,22-/m0/s1. The zero-order valence-corrected chi connectivity index (χ0v) is 24.6. The fourth-order valence-electron chi connectivity index (χ4n) is 5.51. The first-order chi connectivity index (χ1) is 20.9. The number of anilines is 1. The van der Waals surface area contributed by atoms with Gasteiger partial charge in [0.2, 0.25) is 0 Å². The second-order valence-electron chi connectivity index (χ2n) is 10.8. The van der Waals surface area contributed by atoms with Gasteiger partial charge in [-0.3, -0.25) is 14.2 Å². The Hall–Kier alpha value is -4.72. The largest absolute Gasteiger partial charge is 0.486 e. The number of aliphatic carboxylic acids is 1. The number of morpholine rings is 1. The number of hydrogen-bond acceptors (Lipinski definition) is 8. The van der Waals surface area contributed by atoms with Crippen molar-refractivity contribution in [2.24, 2.45) is 14.1 Å². The molecule has 3 aromatic rings. The first kappa shape index (κ1) is 30.7. The minimum Gasteiger partial charge on any atom is -0.486 e. The number of carboxylic acids is 1. The molecule has 0 bridgehead atoms. The van der Waals surface area contributed by atoms with E-state index in [9.17, 15) is 24.3 Å². The van der Waals surface area contributed by atoms with E-state index in [1.54, 1.807) is 17.9 Å². The second-order valence-corrected chi connectivity index (χ2v) is 10.8. The summed E-state index contributed by atoms with van der Waals surface area (Å²) in [6.07, 6.45) is -0.329. The Morgan fingerprint density at radius 1 is 1.05 bits per heavy atom. The van der Waals surface area contributed by atoms with Crippen molar-refractivity contribution in [2.45, 2.75) is 32.4 Å². The topological polar surface area (TPSA) is 141 Å². The van der Waals surface area contributed by atoms with Gasteiger partial charge in [-0.05, 0) is 32.0 Å². The highest BCUT2D eigenvalue weighted by Crippen LogP contribution is 2.42. The van der Waals surface area contributed by atoms with Crippen LogP contribution in [0.4, 0.5) is 14.5 Å². The molecule has 1 fully saturated rings. The van der Waals surface area contributed by atoms with Gasteiger partial charge in [0.05, 0.1) is 18.8 Å². The number of rotatable bonds is 7. The van der Waals surface area contributed by atoms with Crippen LogP contribution in [0.15, 0.2) is 33.9 Å². The molecule has 1 saturated heterocycles. The SMILES string of the molecule is Cc1c(-c2ccc(C[C@H](NC(=O)c3c(F)cc(N4CCOC[C@@H]4C)cc3F)C(=O)O)c3c2OCCO3)c(=O)n(C)c(=O)n1C. The van der Waals surface area contributed by atoms with Crippen molar-refractivity contribution in [3.63, 3.8) is 0 Å². The van der Waals surface area contributed by atoms with Gasteiger partial charge in [-0.1, -0.05) is 6.07 Å². The number of halogens is 2. The molecule has 2 aliphatic rings. The molecule has 0 aliphatic carbocycles. The molecule has 0 radical (unpaired) electrons.